The molecule has 2 fully saturated rings. The maximum atomic E-state index is 13.5. The number of hydrogen-bond acceptors (Lipinski definition) is 3. The van der Waals surface area contributed by atoms with Gasteiger partial charge in [-0.05, 0) is 48.4 Å². The molecule has 170 valence electrons. The van der Waals surface area contributed by atoms with Crippen molar-refractivity contribution in [2.45, 2.75) is 57.5 Å². The van der Waals surface area contributed by atoms with Gasteiger partial charge in [-0.2, -0.15) is 0 Å². The third kappa shape index (κ3) is 3.73. The molecule has 7 heteroatoms. The average molecular weight is 456 g/mol. The van der Waals surface area contributed by atoms with E-state index in [-0.39, 0.29) is 24.4 Å². The molecule has 5 rings (SSSR count). The molecule has 0 spiro atoms. The number of hydrogen-bond donors (Lipinski definition) is 1. The average Bonchev–Trinajstić information content (AvgIpc) is 3.20. The van der Waals surface area contributed by atoms with Crippen LogP contribution in [0.3, 0.4) is 0 Å². The first-order valence-corrected chi connectivity index (χ1v) is 12.1. The van der Waals surface area contributed by atoms with E-state index in [1.54, 1.807) is 11.6 Å². The largest absolute Gasteiger partial charge is 0.396 e. The van der Waals surface area contributed by atoms with Crippen LogP contribution < -0.4 is 11.2 Å². The zero-order valence-corrected chi connectivity index (χ0v) is 19.2. The Bertz CT molecular complexity index is 1250. The maximum absolute atomic E-state index is 13.5. The summed E-state index contributed by atoms with van der Waals surface area (Å²) >= 11 is 6.09. The molecule has 0 aliphatic heterocycles. The molecule has 0 amide bonds. The molecule has 2 aliphatic carbocycles. The number of aliphatic hydroxyl groups excluding tert-OH is 1. The van der Waals surface area contributed by atoms with E-state index in [1.807, 2.05) is 24.3 Å². The van der Waals surface area contributed by atoms with Gasteiger partial charge in [-0.1, -0.05) is 49.4 Å². The van der Waals surface area contributed by atoms with Crippen LogP contribution in [0.5, 0.6) is 0 Å². The van der Waals surface area contributed by atoms with Crippen molar-refractivity contribution in [1.29, 1.82) is 0 Å². The molecule has 1 N–H and O–H groups in total. The van der Waals surface area contributed by atoms with Gasteiger partial charge < -0.3 is 9.67 Å². The predicted octanol–water partition coefficient (Wildman–Crippen LogP) is 3.88. The van der Waals surface area contributed by atoms with Crippen molar-refractivity contribution in [3.63, 3.8) is 0 Å². The zero-order chi connectivity index (χ0) is 22.4. The van der Waals surface area contributed by atoms with Crippen LogP contribution in [0.25, 0.3) is 11.0 Å². The molecule has 6 nitrogen and oxygen atoms in total. The zero-order valence-electron chi connectivity index (χ0n) is 18.5. The summed E-state index contributed by atoms with van der Waals surface area (Å²) in [6, 6.07) is 9.80. The molecular formula is C25H30ClN3O3. The quantitative estimate of drug-likeness (QED) is 0.587. The van der Waals surface area contributed by atoms with Gasteiger partial charge in [0.1, 0.15) is 5.52 Å². The van der Waals surface area contributed by atoms with Crippen molar-refractivity contribution in [3.05, 3.63) is 67.4 Å². The second kappa shape index (κ2) is 8.56. The Hall–Kier alpha value is -2.31. The lowest BCUT2D eigenvalue weighted by Crippen LogP contribution is -2.39. The highest BCUT2D eigenvalue weighted by molar-refractivity contribution is 6.30. The molecule has 0 bridgehead atoms. The third-order valence-electron chi connectivity index (χ3n) is 7.45. The summed E-state index contributed by atoms with van der Waals surface area (Å²) in [7, 11) is 1.73. The Kier molecular flexibility index (Phi) is 5.76. The highest BCUT2D eigenvalue weighted by Crippen LogP contribution is 2.56. The second-order valence-electron chi connectivity index (χ2n) is 9.44. The van der Waals surface area contributed by atoms with Gasteiger partial charge in [0, 0.05) is 43.4 Å². The fourth-order valence-corrected chi connectivity index (χ4v) is 5.80. The summed E-state index contributed by atoms with van der Waals surface area (Å²) in [5.74, 6) is 1.91. The van der Waals surface area contributed by atoms with E-state index in [0.29, 0.717) is 40.9 Å². The molecule has 2 aliphatic rings. The highest BCUT2D eigenvalue weighted by atomic mass is 35.5. The second-order valence-corrected chi connectivity index (χ2v) is 9.88. The van der Waals surface area contributed by atoms with Crippen LogP contribution in [0, 0.1) is 11.8 Å². The van der Waals surface area contributed by atoms with Crippen molar-refractivity contribution < 1.29 is 5.11 Å². The third-order valence-corrected chi connectivity index (χ3v) is 7.71. The van der Waals surface area contributed by atoms with Crippen molar-refractivity contribution in [2.24, 2.45) is 18.9 Å². The molecule has 2 heterocycles. The minimum Gasteiger partial charge on any atom is -0.396 e. The van der Waals surface area contributed by atoms with Crippen LogP contribution in [-0.4, -0.2) is 25.4 Å². The first-order chi connectivity index (χ1) is 15.5. The SMILES string of the molecule is Cn1c(=O)n(CCCO)c(=O)c2c1cc(C1CC1C1CCCC1)n2Cc1ccc(Cl)cc1. The molecular weight excluding hydrogens is 426 g/mol. The Morgan fingerprint density at radius 2 is 1.81 bits per heavy atom. The molecule has 0 saturated heterocycles. The van der Waals surface area contributed by atoms with Crippen LogP contribution in [0.4, 0.5) is 0 Å². The molecule has 1 aromatic carbocycles. The van der Waals surface area contributed by atoms with E-state index in [2.05, 4.69) is 10.6 Å². The van der Waals surface area contributed by atoms with Gasteiger partial charge in [0.2, 0.25) is 0 Å². The van der Waals surface area contributed by atoms with Crippen LogP contribution in [0.15, 0.2) is 39.9 Å². The normalized spacial score (nSPS) is 21.0. The van der Waals surface area contributed by atoms with E-state index < -0.39 is 0 Å². The van der Waals surface area contributed by atoms with E-state index >= 15 is 0 Å². The van der Waals surface area contributed by atoms with Gasteiger partial charge in [0.25, 0.3) is 5.56 Å². The topological polar surface area (TPSA) is 69.2 Å². The van der Waals surface area contributed by atoms with Crippen LogP contribution >= 0.6 is 11.6 Å². The Balaban J connectivity index is 1.65. The molecule has 32 heavy (non-hydrogen) atoms. The number of halogens is 1. The number of aliphatic hydroxyl groups is 1. The predicted molar refractivity (Wildman–Crippen MR) is 127 cm³/mol. The highest BCUT2D eigenvalue weighted by Gasteiger charge is 2.46. The van der Waals surface area contributed by atoms with Gasteiger partial charge in [0.05, 0.1) is 5.52 Å². The molecule has 3 aromatic rings. The maximum Gasteiger partial charge on any atom is 0.331 e. The standard InChI is InChI=1S/C25H30ClN3O3/c1-27-22-14-21(20-13-19(20)17-5-2-3-6-17)29(15-16-7-9-18(26)10-8-16)23(22)24(31)28(25(27)32)11-4-12-30/h7-10,14,17,19-20,30H,2-6,11-13,15H2,1H3. The lowest BCUT2D eigenvalue weighted by Gasteiger charge is -2.14. The minimum absolute atomic E-state index is 0.0597. The molecule has 2 unspecified atom stereocenters. The number of aryl methyl sites for hydroxylation is 1. The Morgan fingerprint density at radius 3 is 2.50 bits per heavy atom. The van der Waals surface area contributed by atoms with Gasteiger partial charge in [-0.15, -0.1) is 0 Å². The number of benzene rings is 1. The summed E-state index contributed by atoms with van der Waals surface area (Å²) < 4.78 is 4.99. The van der Waals surface area contributed by atoms with Crippen LogP contribution in [0.1, 0.15) is 55.7 Å². The summed E-state index contributed by atoms with van der Waals surface area (Å²) in [6.45, 7) is 0.723. The van der Waals surface area contributed by atoms with E-state index in [9.17, 15) is 14.7 Å². The van der Waals surface area contributed by atoms with Gasteiger partial charge in [0.15, 0.2) is 0 Å². The van der Waals surface area contributed by atoms with Gasteiger partial charge >= 0.3 is 5.69 Å². The summed E-state index contributed by atoms with van der Waals surface area (Å²) in [6.07, 6.45) is 6.81. The van der Waals surface area contributed by atoms with Crippen LogP contribution in [-0.2, 0) is 20.1 Å². The molecule has 2 atom stereocenters. The summed E-state index contributed by atoms with van der Waals surface area (Å²) in [5, 5.41) is 9.93. The minimum atomic E-state index is -0.325. The van der Waals surface area contributed by atoms with Crippen molar-refractivity contribution in [1.82, 2.24) is 13.7 Å². The lowest BCUT2D eigenvalue weighted by atomic mass is 10.00. The molecule has 0 radical (unpaired) electrons. The first kappa shape index (κ1) is 21.5. The van der Waals surface area contributed by atoms with Gasteiger partial charge in [-0.25, -0.2) is 4.79 Å². The van der Waals surface area contributed by atoms with E-state index in [1.165, 1.54) is 35.9 Å². The van der Waals surface area contributed by atoms with E-state index in [0.717, 1.165) is 17.9 Å². The van der Waals surface area contributed by atoms with Crippen molar-refractivity contribution >= 4 is 22.6 Å². The fraction of sp³-hybridized carbons (Fsp3) is 0.520. The summed E-state index contributed by atoms with van der Waals surface area (Å²) in [4.78, 5) is 26.4. The van der Waals surface area contributed by atoms with Crippen LogP contribution in [0.2, 0.25) is 5.02 Å². The lowest BCUT2D eigenvalue weighted by molar-refractivity contribution is 0.277. The van der Waals surface area contributed by atoms with Gasteiger partial charge in [-0.3, -0.25) is 13.9 Å². The Labute approximate surface area is 192 Å². The number of fused-ring (bicyclic) bond motifs is 1. The number of aromatic nitrogens is 3. The van der Waals surface area contributed by atoms with Crippen molar-refractivity contribution in [2.75, 3.05) is 6.61 Å². The van der Waals surface area contributed by atoms with Crippen molar-refractivity contribution in [3.8, 4) is 0 Å². The number of nitrogens with zero attached hydrogens (tertiary/aromatic N) is 3. The Morgan fingerprint density at radius 1 is 1.09 bits per heavy atom. The summed E-state index contributed by atoms with van der Waals surface area (Å²) in [5.41, 5.74) is 2.91. The fourth-order valence-electron chi connectivity index (χ4n) is 5.67. The molecule has 2 saturated carbocycles. The smallest absolute Gasteiger partial charge is 0.331 e. The first-order valence-electron chi connectivity index (χ1n) is 11.7. The monoisotopic (exact) mass is 455 g/mol. The molecule has 2 aromatic heterocycles. The van der Waals surface area contributed by atoms with E-state index in [4.69, 9.17) is 11.6 Å². The number of rotatable bonds is 7.